The summed E-state index contributed by atoms with van der Waals surface area (Å²) in [5.41, 5.74) is 4.16. The Balaban J connectivity index is 1.63. The van der Waals surface area contributed by atoms with E-state index in [-0.39, 0.29) is 17.7 Å². The molecular weight excluding hydrogens is 362 g/mol. The van der Waals surface area contributed by atoms with E-state index in [1.807, 2.05) is 43.9 Å². The number of rotatable bonds is 5. The number of hydrogen-bond donors (Lipinski definition) is 1. The number of nitrogens with one attached hydrogen (secondary N) is 1. The molecule has 1 fully saturated rings. The van der Waals surface area contributed by atoms with Gasteiger partial charge < -0.3 is 15.1 Å². The Hall–Kier alpha value is -2.82. The highest BCUT2D eigenvalue weighted by molar-refractivity contribution is 5.97. The molecule has 1 heterocycles. The van der Waals surface area contributed by atoms with Gasteiger partial charge in [-0.3, -0.25) is 9.59 Å². The first-order chi connectivity index (χ1) is 13.9. The van der Waals surface area contributed by atoms with Gasteiger partial charge in [0, 0.05) is 37.4 Å². The SMILES string of the molecule is Cc1ccc(C(=O)NC(C(=O)N2CCN(c3ccccc3C)CC2)C(C)C)cc1. The molecule has 154 valence electrons. The minimum absolute atomic E-state index is 0.00453. The highest BCUT2D eigenvalue weighted by Gasteiger charge is 2.31. The molecule has 0 radical (unpaired) electrons. The van der Waals surface area contributed by atoms with Crippen LogP contribution in [0, 0.1) is 19.8 Å². The summed E-state index contributed by atoms with van der Waals surface area (Å²) in [6, 6.07) is 15.2. The van der Waals surface area contributed by atoms with E-state index < -0.39 is 6.04 Å². The van der Waals surface area contributed by atoms with E-state index in [9.17, 15) is 9.59 Å². The Morgan fingerprint density at radius 1 is 0.897 bits per heavy atom. The van der Waals surface area contributed by atoms with Gasteiger partial charge in [0.05, 0.1) is 0 Å². The van der Waals surface area contributed by atoms with Crippen molar-refractivity contribution >= 4 is 17.5 Å². The van der Waals surface area contributed by atoms with Crippen LogP contribution in [-0.4, -0.2) is 48.9 Å². The van der Waals surface area contributed by atoms with E-state index in [1.54, 1.807) is 12.1 Å². The molecule has 0 saturated carbocycles. The van der Waals surface area contributed by atoms with Gasteiger partial charge in [-0.25, -0.2) is 0 Å². The summed E-state index contributed by atoms with van der Waals surface area (Å²) in [4.78, 5) is 30.0. The summed E-state index contributed by atoms with van der Waals surface area (Å²) in [6.45, 7) is 11.0. The Morgan fingerprint density at radius 3 is 2.10 bits per heavy atom. The molecule has 0 aliphatic carbocycles. The van der Waals surface area contributed by atoms with Crippen LogP contribution in [0.1, 0.15) is 35.3 Å². The van der Waals surface area contributed by atoms with Crippen molar-refractivity contribution in [1.29, 1.82) is 0 Å². The van der Waals surface area contributed by atoms with Crippen LogP contribution >= 0.6 is 0 Å². The van der Waals surface area contributed by atoms with E-state index in [4.69, 9.17) is 0 Å². The Morgan fingerprint density at radius 2 is 1.52 bits per heavy atom. The molecule has 3 rings (SSSR count). The fourth-order valence-electron chi connectivity index (χ4n) is 3.73. The van der Waals surface area contributed by atoms with Crippen molar-refractivity contribution in [1.82, 2.24) is 10.2 Å². The molecule has 2 amide bonds. The van der Waals surface area contributed by atoms with Crippen molar-refractivity contribution in [2.75, 3.05) is 31.1 Å². The molecule has 1 N–H and O–H groups in total. The van der Waals surface area contributed by atoms with Gasteiger partial charge in [0.25, 0.3) is 5.91 Å². The molecule has 0 spiro atoms. The van der Waals surface area contributed by atoms with Crippen LogP contribution in [-0.2, 0) is 4.79 Å². The van der Waals surface area contributed by atoms with Gasteiger partial charge >= 0.3 is 0 Å². The summed E-state index contributed by atoms with van der Waals surface area (Å²) in [6.07, 6.45) is 0. The fourth-order valence-corrected chi connectivity index (χ4v) is 3.73. The van der Waals surface area contributed by atoms with E-state index in [0.29, 0.717) is 18.7 Å². The number of hydrogen-bond acceptors (Lipinski definition) is 3. The molecule has 2 aromatic carbocycles. The Kier molecular flexibility index (Phi) is 6.57. The van der Waals surface area contributed by atoms with Crippen LogP contribution < -0.4 is 10.2 Å². The van der Waals surface area contributed by atoms with E-state index in [2.05, 4.69) is 35.3 Å². The molecule has 2 aromatic rings. The number of aryl methyl sites for hydroxylation is 2. The lowest BCUT2D eigenvalue weighted by molar-refractivity contribution is -0.134. The summed E-state index contributed by atoms with van der Waals surface area (Å²) < 4.78 is 0. The zero-order valence-electron chi connectivity index (χ0n) is 17.8. The van der Waals surface area contributed by atoms with E-state index in [1.165, 1.54) is 11.3 Å². The van der Waals surface area contributed by atoms with Crippen LogP contribution in [0.3, 0.4) is 0 Å². The third kappa shape index (κ3) is 4.97. The van der Waals surface area contributed by atoms with Gasteiger partial charge in [0.2, 0.25) is 5.91 Å². The molecular formula is C24H31N3O2. The molecule has 1 aliphatic rings. The first-order valence-electron chi connectivity index (χ1n) is 10.3. The Bertz CT molecular complexity index is 853. The minimum atomic E-state index is -0.520. The van der Waals surface area contributed by atoms with Crippen LogP contribution in [0.4, 0.5) is 5.69 Å². The van der Waals surface area contributed by atoms with Crippen LogP contribution in [0.15, 0.2) is 48.5 Å². The summed E-state index contributed by atoms with van der Waals surface area (Å²) >= 11 is 0. The second-order valence-corrected chi connectivity index (χ2v) is 8.16. The van der Waals surface area contributed by atoms with Crippen molar-refractivity contribution in [3.63, 3.8) is 0 Å². The number of carbonyl (C=O) groups excluding carboxylic acids is 2. The van der Waals surface area contributed by atoms with Gasteiger partial charge in [-0.1, -0.05) is 49.7 Å². The van der Waals surface area contributed by atoms with Crippen LogP contribution in [0.2, 0.25) is 0 Å². The van der Waals surface area contributed by atoms with Crippen molar-refractivity contribution in [2.45, 2.75) is 33.7 Å². The predicted molar refractivity (Wildman–Crippen MR) is 117 cm³/mol. The lowest BCUT2D eigenvalue weighted by Crippen LogP contribution is -2.56. The van der Waals surface area contributed by atoms with Crippen molar-refractivity contribution in [2.24, 2.45) is 5.92 Å². The van der Waals surface area contributed by atoms with Crippen molar-refractivity contribution < 1.29 is 9.59 Å². The lowest BCUT2D eigenvalue weighted by atomic mass is 10.0. The first-order valence-corrected chi connectivity index (χ1v) is 10.3. The van der Waals surface area contributed by atoms with E-state index in [0.717, 1.165) is 18.7 Å². The zero-order chi connectivity index (χ0) is 21.0. The summed E-state index contributed by atoms with van der Waals surface area (Å²) in [5.74, 6) is -0.174. The number of benzene rings is 2. The summed E-state index contributed by atoms with van der Waals surface area (Å²) in [5, 5.41) is 2.96. The number of piperazine rings is 1. The molecule has 5 nitrogen and oxygen atoms in total. The maximum absolute atomic E-state index is 13.2. The maximum Gasteiger partial charge on any atom is 0.251 e. The van der Waals surface area contributed by atoms with Gasteiger partial charge in [-0.15, -0.1) is 0 Å². The van der Waals surface area contributed by atoms with Gasteiger partial charge in [0.1, 0.15) is 6.04 Å². The average Bonchev–Trinajstić information content (AvgIpc) is 2.72. The monoisotopic (exact) mass is 393 g/mol. The van der Waals surface area contributed by atoms with Gasteiger partial charge in [0.15, 0.2) is 0 Å². The highest BCUT2D eigenvalue weighted by atomic mass is 16.2. The van der Waals surface area contributed by atoms with Crippen molar-refractivity contribution in [3.8, 4) is 0 Å². The van der Waals surface area contributed by atoms with Crippen LogP contribution in [0.5, 0.6) is 0 Å². The van der Waals surface area contributed by atoms with Gasteiger partial charge in [-0.2, -0.15) is 0 Å². The molecule has 0 aromatic heterocycles. The molecule has 1 saturated heterocycles. The Labute approximate surface area is 173 Å². The quantitative estimate of drug-likeness (QED) is 0.847. The number of nitrogens with zero attached hydrogens (tertiary/aromatic N) is 2. The first kappa shape index (κ1) is 20.9. The molecule has 1 unspecified atom stereocenters. The normalized spacial score (nSPS) is 15.3. The van der Waals surface area contributed by atoms with Crippen molar-refractivity contribution in [3.05, 3.63) is 65.2 Å². The maximum atomic E-state index is 13.2. The third-order valence-corrected chi connectivity index (χ3v) is 5.58. The van der Waals surface area contributed by atoms with Gasteiger partial charge in [-0.05, 0) is 43.5 Å². The number of carbonyl (C=O) groups is 2. The number of amides is 2. The zero-order valence-corrected chi connectivity index (χ0v) is 17.8. The highest BCUT2D eigenvalue weighted by Crippen LogP contribution is 2.21. The standard InChI is InChI=1S/C24H31N3O2/c1-17(2)22(25-23(28)20-11-9-18(3)10-12-20)24(29)27-15-13-26(14-16-27)21-8-6-5-7-19(21)4/h5-12,17,22H,13-16H2,1-4H3,(H,25,28). The molecule has 1 atom stereocenters. The topological polar surface area (TPSA) is 52.7 Å². The predicted octanol–water partition coefficient (Wildman–Crippen LogP) is 3.41. The smallest absolute Gasteiger partial charge is 0.251 e. The third-order valence-electron chi connectivity index (χ3n) is 5.58. The molecule has 1 aliphatic heterocycles. The molecule has 0 bridgehead atoms. The number of anilines is 1. The molecule has 29 heavy (non-hydrogen) atoms. The fraction of sp³-hybridized carbons (Fsp3) is 0.417. The lowest BCUT2D eigenvalue weighted by Gasteiger charge is -2.38. The second kappa shape index (κ2) is 9.12. The minimum Gasteiger partial charge on any atom is -0.368 e. The average molecular weight is 394 g/mol. The largest absolute Gasteiger partial charge is 0.368 e. The second-order valence-electron chi connectivity index (χ2n) is 8.16. The molecule has 5 heteroatoms. The van der Waals surface area contributed by atoms with Crippen LogP contribution in [0.25, 0.3) is 0 Å². The number of para-hydroxylation sites is 1. The van der Waals surface area contributed by atoms with E-state index >= 15 is 0 Å². The summed E-state index contributed by atoms with van der Waals surface area (Å²) in [7, 11) is 0.